The highest BCUT2D eigenvalue weighted by Gasteiger charge is 2.21. The molecular formula is C24H48NO9P. The van der Waals surface area contributed by atoms with Crippen molar-refractivity contribution in [1.29, 1.82) is 0 Å². The van der Waals surface area contributed by atoms with Crippen molar-refractivity contribution in [2.75, 3.05) is 33.2 Å². The zero-order chi connectivity index (χ0) is 26.2. The summed E-state index contributed by atoms with van der Waals surface area (Å²) in [7, 11) is -4.67. The number of unbranched alkanes of at least 4 members (excludes halogenated alkanes) is 11. The van der Waals surface area contributed by atoms with Gasteiger partial charge in [0.25, 0.3) is 0 Å². The van der Waals surface area contributed by atoms with Crippen LogP contribution in [0.5, 0.6) is 0 Å². The summed E-state index contributed by atoms with van der Waals surface area (Å²) in [4.78, 5) is 40.7. The Bertz CT molecular complexity index is 571. The highest BCUT2D eigenvalue weighted by Crippen LogP contribution is 2.35. The van der Waals surface area contributed by atoms with Gasteiger partial charge in [0.1, 0.15) is 12.9 Å². The summed E-state index contributed by atoms with van der Waals surface area (Å²) in [5.41, 5.74) is 0. The van der Waals surface area contributed by atoms with Crippen LogP contribution in [0.25, 0.3) is 0 Å². The summed E-state index contributed by atoms with van der Waals surface area (Å²) in [5, 5.41) is 2.78. The van der Waals surface area contributed by atoms with Crippen LogP contribution >= 0.6 is 7.82 Å². The van der Waals surface area contributed by atoms with Crippen molar-refractivity contribution in [3.63, 3.8) is 0 Å². The van der Waals surface area contributed by atoms with Crippen LogP contribution in [0.3, 0.4) is 0 Å². The lowest BCUT2D eigenvalue weighted by atomic mass is 10.1. The van der Waals surface area contributed by atoms with E-state index in [4.69, 9.17) is 24.0 Å². The Kier molecular flexibility index (Phi) is 22.7. The van der Waals surface area contributed by atoms with Gasteiger partial charge in [-0.3, -0.25) is 14.1 Å². The number of phosphoric ester groups is 1. The number of phosphoric acid groups is 1. The molecule has 0 aromatic rings. The molecule has 0 aliphatic rings. The molecule has 0 unspecified atom stereocenters. The average Bonchev–Trinajstić information content (AvgIpc) is 2.79. The van der Waals surface area contributed by atoms with Crippen LogP contribution in [0.1, 0.15) is 104 Å². The van der Waals surface area contributed by atoms with Gasteiger partial charge in [0.2, 0.25) is 5.91 Å². The average molecular weight is 526 g/mol. The molecule has 0 spiro atoms. The number of esters is 1. The second kappa shape index (κ2) is 23.4. The fourth-order valence-electron chi connectivity index (χ4n) is 3.37. The number of carbonyl (C=O) groups excluding carboxylic acids is 2. The Morgan fingerprint density at radius 2 is 1.43 bits per heavy atom. The Labute approximate surface area is 211 Å². The smallest absolute Gasteiger partial charge is 0.457 e. The van der Waals surface area contributed by atoms with Gasteiger partial charge in [-0.1, -0.05) is 71.1 Å². The second-order valence-corrected chi connectivity index (χ2v) is 10.0. The van der Waals surface area contributed by atoms with Crippen molar-refractivity contribution >= 4 is 19.7 Å². The standard InChI is InChI=1S/C24H48NO9P/c1-3-4-5-6-7-10-13-16-24(27)34-23(20-33-35(28,29)30)19-32-21-31-18-15-12-9-8-11-14-17-25-22(2)26/h23H,3-21H2,1-2H3,(H,25,26)(H2,28,29,30)/t23-/m0/s1. The van der Waals surface area contributed by atoms with Gasteiger partial charge in [0.15, 0.2) is 0 Å². The van der Waals surface area contributed by atoms with Crippen LogP contribution in [0.4, 0.5) is 0 Å². The van der Waals surface area contributed by atoms with E-state index in [1.807, 2.05) is 0 Å². The van der Waals surface area contributed by atoms with E-state index in [1.54, 1.807) is 0 Å². The summed E-state index contributed by atoms with van der Waals surface area (Å²) in [6.45, 7) is 4.43. The molecule has 10 nitrogen and oxygen atoms in total. The van der Waals surface area contributed by atoms with Gasteiger partial charge in [0, 0.05) is 26.5 Å². The van der Waals surface area contributed by atoms with Crippen molar-refractivity contribution in [2.24, 2.45) is 0 Å². The first kappa shape index (κ1) is 34.0. The first-order valence-corrected chi connectivity index (χ1v) is 14.6. The molecule has 0 aliphatic heterocycles. The fourth-order valence-corrected chi connectivity index (χ4v) is 3.73. The Hall–Kier alpha value is -1.03. The SMILES string of the molecule is CCCCCCCCCC(=O)O[C@@H](COCOCCCCCCCCNC(C)=O)COP(=O)(O)O. The normalized spacial score (nSPS) is 12.5. The van der Waals surface area contributed by atoms with E-state index in [0.29, 0.717) is 6.61 Å². The number of carbonyl (C=O) groups is 2. The molecular weight excluding hydrogens is 477 g/mol. The predicted molar refractivity (Wildman–Crippen MR) is 134 cm³/mol. The lowest BCUT2D eigenvalue weighted by molar-refractivity contribution is -0.158. The molecule has 0 saturated carbocycles. The van der Waals surface area contributed by atoms with Gasteiger partial charge in [-0.2, -0.15) is 0 Å². The van der Waals surface area contributed by atoms with Crippen molar-refractivity contribution in [3.05, 3.63) is 0 Å². The number of rotatable bonds is 25. The molecule has 0 bridgehead atoms. The van der Waals surface area contributed by atoms with Crippen LogP contribution in [0.15, 0.2) is 0 Å². The minimum absolute atomic E-state index is 0.00155. The van der Waals surface area contributed by atoms with Crippen molar-refractivity contribution < 1.29 is 42.7 Å². The van der Waals surface area contributed by atoms with Crippen LogP contribution in [-0.2, 0) is 32.9 Å². The zero-order valence-electron chi connectivity index (χ0n) is 21.7. The topological polar surface area (TPSA) is 141 Å². The maximum Gasteiger partial charge on any atom is 0.469 e. The largest absolute Gasteiger partial charge is 0.469 e. The number of hydrogen-bond donors (Lipinski definition) is 3. The third kappa shape index (κ3) is 27.4. The molecule has 0 aromatic carbocycles. The maximum absolute atomic E-state index is 12.1. The number of ether oxygens (including phenoxy) is 3. The number of amides is 1. The summed E-state index contributed by atoms with van der Waals surface area (Å²) >= 11 is 0. The van der Waals surface area contributed by atoms with Gasteiger partial charge >= 0.3 is 13.8 Å². The number of nitrogens with one attached hydrogen (secondary N) is 1. The zero-order valence-corrected chi connectivity index (χ0v) is 22.6. The Balaban J connectivity index is 3.89. The molecule has 0 aromatic heterocycles. The monoisotopic (exact) mass is 525 g/mol. The molecule has 1 amide bonds. The lowest BCUT2D eigenvalue weighted by Gasteiger charge is -2.18. The third-order valence-electron chi connectivity index (χ3n) is 5.27. The van der Waals surface area contributed by atoms with E-state index in [1.165, 1.54) is 26.2 Å². The molecule has 35 heavy (non-hydrogen) atoms. The summed E-state index contributed by atoms with van der Waals surface area (Å²) in [6.07, 6.45) is 13.1. The van der Waals surface area contributed by atoms with E-state index < -0.39 is 26.5 Å². The van der Waals surface area contributed by atoms with Crippen LogP contribution in [-0.4, -0.2) is 60.9 Å². The Morgan fingerprint density at radius 3 is 2.06 bits per heavy atom. The van der Waals surface area contributed by atoms with Crippen molar-refractivity contribution in [3.8, 4) is 0 Å². The van der Waals surface area contributed by atoms with Crippen molar-refractivity contribution in [1.82, 2.24) is 5.32 Å². The molecule has 0 aliphatic carbocycles. The molecule has 3 N–H and O–H groups in total. The van der Waals surface area contributed by atoms with Crippen LogP contribution < -0.4 is 5.32 Å². The van der Waals surface area contributed by atoms with Gasteiger partial charge in [-0.05, 0) is 19.3 Å². The molecule has 0 radical (unpaired) electrons. The summed E-state index contributed by atoms with van der Waals surface area (Å²) in [5.74, 6) is -0.425. The number of hydrogen-bond acceptors (Lipinski definition) is 7. The third-order valence-corrected chi connectivity index (χ3v) is 5.76. The molecule has 0 heterocycles. The fraction of sp³-hybridized carbons (Fsp3) is 0.917. The molecule has 0 fully saturated rings. The van der Waals surface area contributed by atoms with Crippen molar-refractivity contribution in [2.45, 2.75) is 110 Å². The van der Waals surface area contributed by atoms with E-state index >= 15 is 0 Å². The molecule has 0 rings (SSSR count). The Morgan fingerprint density at radius 1 is 0.829 bits per heavy atom. The predicted octanol–water partition coefficient (Wildman–Crippen LogP) is 4.62. The quantitative estimate of drug-likeness (QED) is 0.0674. The summed E-state index contributed by atoms with van der Waals surface area (Å²) < 4.78 is 31.6. The minimum Gasteiger partial charge on any atom is -0.457 e. The molecule has 1 atom stereocenters. The lowest BCUT2D eigenvalue weighted by Crippen LogP contribution is -2.28. The van der Waals surface area contributed by atoms with E-state index in [-0.39, 0.29) is 25.7 Å². The van der Waals surface area contributed by atoms with Crippen LogP contribution in [0, 0.1) is 0 Å². The second-order valence-electron chi connectivity index (χ2n) is 8.77. The van der Waals surface area contributed by atoms with E-state index in [0.717, 1.165) is 70.8 Å². The van der Waals surface area contributed by atoms with E-state index in [2.05, 4.69) is 16.8 Å². The van der Waals surface area contributed by atoms with Gasteiger partial charge in [-0.25, -0.2) is 4.57 Å². The highest BCUT2D eigenvalue weighted by molar-refractivity contribution is 7.46. The highest BCUT2D eigenvalue weighted by atomic mass is 31.2. The minimum atomic E-state index is -4.67. The first-order chi connectivity index (χ1) is 16.7. The van der Waals surface area contributed by atoms with Gasteiger partial charge < -0.3 is 29.3 Å². The molecule has 11 heteroatoms. The first-order valence-electron chi connectivity index (χ1n) is 13.0. The molecule has 0 saturated heterocycles. The van der Waals surface area contributed by atoms with E-state index in [9.17, 15) is 14.2 Å². The van der Waals surface area contributed by atoms with Gasteiger partial charge in [-0.15, -0.1) is 0 Å². The van der Waals surface area contributed by atoms with Gasteiger partial charge in [0.05, 0.1) is 13.2 Å². The molecule has 208 valence electrons. The summed E-state index contributed by atoms with van der Waals surface area (Å²) in [6, 6.07) is 0. The van der Waals surface area contributed by atoms with Crippen LogP contribution in [0.2, 0.25) is 0 Å². The maximum atomic E-state index is 12.1.